The molecule has 0 amide bonds. The molecule has 0 saturated carbocycles. The molecule has 1 aromatic carbocycles. The summed E-state index contributed by atoms with van der Waals surface area (Å²) < 4.78 is 17.1. The Balaban J connectivity index is 1.85. The second kappa shape index (κ2) is 6.17. The number of benzene rings is 1. The molecule has 1 unspecified atom stereocenters. The van der Waals surface area contributed by atoms with E-state index in [0.29, 0.717) is 6.54 Å². The van der Waals surface area contributed by atoms with E-state index in [1.165, 1.54) is 11.1 Å². The van der Waals surface area contributed by atoms with Crippen LogP contribution in [0, 0.1) is 0 Å². The average molecular weight is 253 g/mol. The SMILES string of the molecule is NCCCS(=O)CCc1ccc2c(c1)CCO2. The molecule has 2 rings (SSSR count). The van der Waals surface area contributed by atoms with Crippen molar-refractivity contribution in [3.05, 3.63) is 29.3 Å². The van der Waals surface area contributed by atoms with Gasteiger partial charge in [0.15, 0.2) is 0 Å². The molecule has 0 aliphatic carbocycles. The maximum atomic E-state index is 11.6. The van der Waals surface area contributed by atoms with E-state index in [4.69, 9.17) is 10.5 Å². The fourth-order valence-electron chi connectivity index (χ4n) is 1.97. The number of nitrogens with two attached hydrogens (primary N) is 1. The van der Waals surface area contributed by atoms with Crippen LogP contribution in [0.3, 0.4) is 0 Å². The lowest BCUT2D eigenvalue weighted by Crippen LogP contribution is -2.09. The summed E-state index contributed by atoms with van der Waals surface area (Å²) in [5.41, 5.74) is 7.94. The van der Waals surface area contributed by atoms with E-state index in [-0.39, 0.29) is 0 Å². The van der Waals surface area contributed by atoms with E-state index < -0.39 is 10.8 Å². The molecule has 4 heteroatoms. The molecule has 0 aromatic heterocycles. The third-order valence-corrected chi connectivity index (χ3v) is 4.35. The zero-order chi connectivity index (χ0) is 12.1. The van der Waals surface area contributed by atoms with Gasteiger partial charge in [-0.25, -0.2) is 0 Å². The van der Waals surface area contributed by atoms with Crippen LogP contribution >= 0.6 is 0 Å². The Kier molecular flexibility index (Phi) is 4.57. The first-order chi connectivity index (χ1) is 8.29. The number of fused-ring (bicyclic) bond motifs is 1. The van der Waals surface area contributed by atoms with E-state index in [2.05, 4.69) is 12.1 Å². The summed E-state index contributed by atoms with van der Waals surface area (Å²) in [5.74, 6) is 2.47. The van der Waals surface area contributed by atoms with Crippen molar-refractivity contribution >= 4 is 10.8 Å². The van der Waals surface area contributed by atoms with Gasteiger partial charge in [-0.05, 0) is 36.6 Å². The Morgan fingerprint density at radius 2 is 2.24 bits per heavy atom. The minimum Gasteiger partial charge on any atom is -0.493 e. The monoisotopic (exact) mass is 253 g/mol. The highest BCUT2D eigenvalue weighted by molar-refractivity contribution is 7.84. The quantitative estimate of drug-likeness (QED) is 0.830. The Labute approximate surface area is 105 Å². The standard InChI is InChI=1S/C13H19NO2S/c14-6-1-8-17(15)9-5-11-2-3-13-12(10-11)4-7-16-13/h2-3,10H,1,4-9,14H2. The van der Waals surface area contributed by atoms with Gasteiger partial charge in [0.1, 0.15) is 5.75 Å². The van der Waals surface area contributed by atoms with Crippen LogP contribution in [-0.2, 0) is 23.6 Å². The van der Waals surface area contributed by atoms with E-state index in [1.807, 2.05) is 6.07 Å². The Bertz CT molecular complexity index is 406. The third-order valence-electron chi connectivity index (χ3n) is 2.95. The topological polar surface area (TPSA) is 52.3 Å². The Morgan fingerprint density at radius 1 is 1.35 bits per heavy atom. The lowest BCUT2D eigenvalue weighted by molar-refractivity contribution is 0.357. The molecule has 1 aromatic rings. The van der Waals surface area contributed by atoms with E-state index in [1.54, 1.807) is 0 Å². The smallest absolute Gasteiger partial charge is 0.122 e. The number of aryl methyl sites for hydroxylation is 1. The van der Waals surface area contributed by atoms with Gasteiger partial charge in [0.05, 0.1) is 6.61 Å². The number of ether oxygens (including phenoxy) is 1. The van der Waals surface area contributed by atoms with Crippen molar-refractivity contribution in [2.75, 3.05) is 24.7 Å². The van der Waals surface area contributed by atoms with Gasteiger partial charge >= 0.3 is 0 Å². The van der Waals surface area contributed by atoms with E-state index >= 15 is 0 Å². The summed E-state index contributed by atoms with van der Waals surface area (Å²) >= 11 is 0. The first-order valence-electron chi connectivity index (χ1n) is 6.09. The van der Waals surface area contributed by atoms with Crippen molar-refractivity contribution < 1.29 is 8.95 Å². The minimum absolute atomic E-state index is 0.627. The van der Waals surface area contributed by atoms with Gasteiger partial charge in [0.25, 0.3) is 0 Å². The molecule has 0 bridgehead atoms. The van der Waals surface area contributed by atoms with Crippen molar-refractivity contribution in [2.45, 2.75) is 19.3 Å². The average Bonchev–Trinajstić information content (AvgIpc) is 2.81. The van der Waals surface area contributed by atoms with Gasteiger partial charge in [0, 0.05) is 28.7 Å². The minimum atomic E-state index is -0.730. The Hall–Kier alpha value is -0.870. The lowest BCUT2D eigenvalue weighted by atomic mass is 10.1. The van der Waals surface area contributed by atoms with Crippen molar-refractivity contribution in [1.82, 2.24) is 0 Å². The summed E-state index contributed by atoms with van der Waals surface area (Å²) in [7, 11) is -0.730. The van der Waals surface area contributed by atoms with Crippen molar-refractivity contribution in [3.8, 4) is 5.75 Å². The third kappa shape index (κ3) is 3.54. The Morgan fingerprint density at radius 3 is 3.06 bits per heavy atom. The maximum Gasteiger partial charge on any atom is 0.122 e. The van der Waals surface area contributed by atoms with E-state index in [9.17, 15) is 4.21 Å². The summed E-state index contributed by atoms with van der Waals surface area (Å²) in [6.45, 7) is 1.42. The highest BCUT2D eigenvalue weighted by atomic mass is 32.2. The van der Waals surface area contributed by atoms with Crippen LogP contribution in [-0.4, -0.2) is 28.9 Å². The zero-order valence-corrected chi connectivity index (χ0v) is 10.8. The number of rotatable bonds is 6. The van der Waals surface area contributed by atoms with E-state index in [0.717, 1.165) is 43.1 Å². The molecule has 2 N–H and O–H groups in total. The highest BCUT2D eigenvalue weighted by Gasteiger charge is 2.12. The van der Waals surface area contributed by atoms with Gasteiger partial charge in [-0.15, -0.1) is 0 Å². The van der Waals surface area contributed by atoms with Crippen LogP contribution < -0.4 is 10.5 Å². The molecule has 0 saturated heterocycles. The van der Waals surface area contributed by atoms with Gasteiger partial charge in [-0.2, -0.15) is 0 Å². The number of hydrogen-bond acceptors (Lipinski definition) is 3. The van der Waals surface area contributed by atoms with Crippen LogP contribution in [0.1, 0.15) is 17.5 Å². The van der Waals surface area contributed by atoms with Crippen LogP contribution in [0.25, 0.3) is 0 Å². The normalized spacial score (nSPS) is 15.4. The molecule has 1 heterocycles. The molecule has 94 valence electrons. The summed E-state index contributed by atoms with van der Waals surface area (Å²) in [6.07, 6.45) is 2.73. The van der Waals surface area contributed by atoms with Gasteiger partial charge < -0.3 is 10.5 Å². The fraction of sp³-hybridized carbons (Fsp3) is 0.538. The van der Waals surface area contributed by atoms with Crippen molar-refractivity contribution in [2.24, 2.45) is 5.73 Å². The fourth-order valence-corrected chi connectivity index (χ4v) is 3.13. The highest BCUT2D eigenvalue weighted by Crippen LogP contribution is 2.25. The van der Waals surface area contributed by atoms with Crippen LogP contribution in [0.5, 0.6) is 5.75 Å². The molecule has 0 radical (unpaired) electrons. The second-order valence-electron chi connectivity index (χ2n) is 4.28. The molecule has 1 atom stereocenters. The van der Waals surface area contributed by atoms with Crippen molar-refractivity contribution in [3.63, 3.8) is 0 Å². The first-order valence-corrected chi connectivity index (χ1v) is 7.58. The molecule has 0 spiro atoms. The number of hydrogen-bond donors (Lipinski definition) is 1. The molecule has 1 aliphatic heterocycles. The molecule has 17 heavy (non-hydrogen) atoms. The molecule has 3 nitrogen and oxygen atoms in total. The predicted molar refractivity (Wildman–Crippen MR) is 70.9 cm³/mol. The summed E-state index contributed by atoms with van der Waals surface area (Å²) in [4.78, 5) is 0. The maximum absolute atomic E-state index is 11.6. The summed E-state index contributed by atoms with van der Waals surface area (Å²) in [5, 5.41) is 0. The predicted octanol–water partition coefficient (Wildman–Crippen LogP) is 1.26. The zero-order valence-electron chi connectivity index (χ0n) is 9.98. The molecule has 0 fully saturated rings. The first kappa shape index (κ1) is 12.6. The molecule has 1 aliphatic rings. The second-order valence-corrected chi connectivity index (χ2v) is 5.98. The molecular formula is C13H19NO2S. The van der Waals surface area contributed by atoms with Gasteiger partial charge in [-0.3, -0.25) is 4.21 Å². The van der Waals surface area contributed by atoms with Crippen LogP contribution in [0.4, 0.5) is 0 Å². The van der Waals surface area contributed by atoms with Gasteiger partial charge in [0.2, 0.25) is 0 Å². The largest absolute Gasteiger partial charge is 0.493 e. The van der Waals surface area contributed by atoms with Crippen LogP contribution in [0.2, 0.25) is 0 Å². The lowest BCUT2D eigenvalue weighted by Gasteiger charge is -2.04. The van der Waals surface area contributed by atoms with Crippen LogP contribution in [0.15, 0.2) is 18.2 Å². The summed E-state index contributed by atoms with van der Waals surface area (Å²) in [6, 6.07) is 6.28. The van der Waals surface area contributed by atoms with Gasteiger partial charge in [-0.1, -0.05) is 12.1 Å². The molecular weight excluding hydrogens is 234 g/mol. The van der Waals surface area contributed by atoms with Crippen molar-refractivity contribution in [1.29, 1.82) is 0 Å².